The molecule has 1 aliphatic rings. The summed E-state index contributed by atoms with van der Waals surface area (Å²) in [5, 5.41) is 6.56. The van der Waals surface area contributed by atoms with Gasteiger partial charge in [0.2, 0.25) is 0 Å². The maximum absolute atomic E-state index is 5.66. The lowest BCUT2D eigenvalue weighted by Gasteiger charge is -2.26. The van der Waals surface area contributed by atoms with E-state index in [0.717, 1.165) is 35.9 Å². The molecule has 0 amide bonds. The standard InChI is InChI=1S/C18H19N3O3S2/c1-22-14-8-12-5-6-20(10-13(12)9-15(14)23-2)11-21-18(25)24-17(19-21)16-4-3-7-26-16/h3-4,7-9H,5-6,10-11H2,1-2H3/p+1. The molecule has 0 aliphatic carbocycles. The Morgan fingerprint density at radius 3 is 2.73 bits per heavy atom. The van der Waals surface area contributed by atoms with E-state index in [9.17, 15) is 0 Å². The van der Waals surface area contributed by atoms with Crippen LogP contribution in [0.15, 0.2) is 34.1 Å². The molecule has 1 aliphatic heterocycles. The number of thiophene rings is 1. The molecule has 0 saturated carbocycles. The molecule has 26 heavy (non-hydrogen) atoms. The van der Waals surface area contributed by atoms with Crippen LogP contribution in [0.4, 0.5) is 0 Å². The number of aromatic nitrogens is 2. The molecule has 6 nitrogen and oxygen atoms in total. The Morgan fingerprint density at radius 2 is 2.04 bits per heavy atom. The highest BCUT2D eigenvalue weighted by molar-refractivity contribution is 7.71. The molecule has 136 valence electrons. The van der Waals surface area contributed by atoms with Crippen molar-refractivity contribution in [2.75, 3.05) is 20.8 Å². The second-order valence-electron chi connectivity index (χ2n) is 6.21. The molecule has 0 bridgehead atoms. The summed E-state index contributed by atoms with van der Waals surface area (Å²) in [6.45, 7) is 2.58. The van der Waals surface area contributed by atoms with Crippen LogP contribution in [0.25, 0.3) is 10.8 Å². The largest absolute Gasteiger partial charge is 0.493 e. The van der Waals surface area contributed by atoms with E-state index < -0.39 is 0 Å². The molecular formula is C18H20N3O3S2+. The minimum Gasteiger partial charge on any atom is -0.493 e. The van der Waals surface area contributed by atoms with Gasteiger partial charge in [-0.05, 0) is 41.4 Å². The Kier molecular flexibility index (Phi) is 4.80. The third-order valence-corrected chi connectivity index (χ3v) is 5.76. The normalized spacial score (nSPS) is 16.3. The molecule has 0 radical (unpaired) electrons. The van der Waals surface area contributed by atoms with E-state index in [-0.39, 0.29) is 0 Å². The maximum Gasteiger partial charge on any atom is 0.292 e. The van der Waals surface area contributed by atoms with Crippen molar-refractivity contribution in [3.8, 4) is 22.3 Å². The number of rotatable bonds is 5. The number of hydrogen-bond acceptors (Lipinski definition) is 6. The summed E-state index contributed by atoms with van der Waals surface area (Å²) in [6, 6.07) is 8.12. The molecule has 1 aromatic carbocycles. The van der Waals surface area contributed by atoms with Gasteiger partial charge in [-0.3, -0.25) is 0 Å². The molecule has 8 heteroatoms. The van der Waals surface area contributed by atoms with Gasteiger partial charge in [0.1, 0.15) is 6.54 Å². The molecule has 0 spiro atoms. The van der Waals surface area contributed by atoms with Crippen molar-refractivity contribution >= 4 is 23.6 Å². The molecular weight excluding hydrogens is 370 g/mol. The molecule has 0 fully saturated rings. The zero-order chi connectivity index (χ0) is 18.1. The van der Waals surface area contributed by atoms with Gasteiger partial charge in [0.25, 0.3) is 10.7 Å². The van der Waals surface area contributed by atoms with Crippen LogP contribution >= 0.6 is 23.6 Å². The molecule has 3 heterocycles. The number of nitrogens with one attached hydrogen (secondary N) is 1. The van der Waals surface area contributed by atoms with Gasteiger partial charge in [-0.25, -0.2) is 0 Å². The minimum atomic E-state index is 0.416. The average Bonchev–Trinajstić information content (AvgIpc) is 3.31. The summed E-state index contributed by atoms with van der Waals surface area (Å²) in [5.41, 5.74) is 2.59. The molecule has 4 rings (SSSR count). The second kappa shape index (κ2) is 7.22. The Bertz CT molecular complexity index is 963. The summed E-state index contributed by atoms with van der Waals surface area (Å²) < 4.78 is 18.3. The highest BCUT2D eigenvalue weighted by atomic mass is 32.1. The van der Waals surface area contributed by atoms with E-state index in [2.05, 4.69) is 17.2 Å². The molecule has 1 atom stereocenters. The quantitative estimate of drug-likeness (QED) is 0.679. The molecule has 3 aromatic rings. The van der Waals surface area contributed by atoms with Gasteiger partial charge < -0.3 is 18.8 Å². The predicted molar refractivity (Wildman–Crippen MR) is 101 cm³/mol. The maximum atomic E-state index is 5.66. The first-order valence-corrected chi connectivity index (χ1v) is 9.66. The lowest BCUT2D eigenvalue weighted by Crippen LogP contribution is -3.11. The highest BCUT2D eigenvalue weighted by Gasteiger charge is 2.23. The van der Waals surface area contributed by atoms with E-state index in [1.807, 2.05) is 17.5 Å². The zero-order valence-corrected chi connectivity index (χ0v) is 16.3. The van der Waals surface area contributed by atoms with Crippen molar-refractivity contribution in [2.45, 2.75) is 19.6 Å². The number of methoxy groups -OCH3 is 2. The number of hydrogen-bond donors (Lipinski definition) is 1. The summed E-state index contributed by atoms with van der Waals surface area (Å²) in [7, 11) is 3.33. The van der Waals surface area contributed by atoms with Crippen LogP contribution in [0.1, 0.15) is 11.1 Å². The first-order valence-electron chi connectivity index (χ1n) is 8.37. The Hall–Kier alpha value is -2.16. The van der Waals surface area contributed by atoms with Crippen LogP contribution in [0, 0.1) is 4.84 Å². The van der Waals surface area contributed by atoms with Gasteiger partial charge in [-0.15, -0.1) is 16.4 Å². The fraction of sp³-hybridized carbons (Fsp3) is 0.333. The number of nitrogens with zero attached hydrogens (tertiary/aromatic N) is 2. The Balaban J connectivity index is 1.54. The molecule has 0 saturated heterocycles. The summed E-state index contributed by atoms with van der Waals surface area (Å²) in [6.07, 6.45) is 0.980. The third-order valence-electron chi connectivity index (χ3n) is 4.61. The van der Waals surface area contributed by atoms with Crippen molar-refractivity contribution in [2.24, 2.45) is 0 Å². The monoisotopic (exact) mass is 390 g/mol. The number of quaternary nitrogens is 1. The summed E-state index contributed by atoms with van der Waals surface area (Å²) in [4.78, 5) is 2.79. The van der Waals surface area contributed by atoms with E-state index in [1.54, 1.807) is 30.2 Å². The first-order chi connectivity index (χ1) is 12.7. The topological polar surface area (TPSA) is 53.9 Å². The van der Waals surface area contributed by atoms with Crippen molar-refractivity contribution in [1.82, 2.24) is 9.78 Å². The number of benzene rings is 1. The van der Waals surface area contributed by atoms with Gasteiger partial charge >= 0.3 is 0 Å². The van der Waals surface area contributed by atoms with Crippen LogP contribution in [0.2, 0.25) is 0 Å². The lowest BCUT2D eigenvalue weighted by atomic mass is 9.99. The van der Waals surface area contributed by atoms with Gasteiger partial charge in [-0.2, -0.15) is 4.68 Å². The molecule has 1 N–H and O–H groups in total. The smallest absolute Gasteiger partial charge is 0.292 e. The number of fused-ring (bicyclic) bond motifs is 1. The highest BCUT2D eigenvalue weighted by Crippen LogP contribution is 2.31. The fourth-order valence-electron chi connectivity index (χ4n) is 3.28. The van der Waals surface area contributed by atoms with Crippen molar-refractivity contribution in [3.05, 3.63) is 45.6 Å². The second-order valence-corrected chi connectivity index (χ2v) is 7.51. The average molecular weight is 391 g/mol. The predicted octanol–water partition coefficient (Wildman–Crippen LogP) is 2.55. The van der Waals surface area contributed by atoms with Crippen molar-refractivity contribution < 1.29 is 18.8 Å². The van der Waals surface area contributed by atoms with Crippen LogP contribution in [0.5, 0.6) is 11.5 Å². The van der Waals surface area contributed by atoms with Crippen LogP contribution in [0.3, 0.4) is 0 Å². The fourth-order valence-corrected chi connectivity index (χ4v) is 4.11. The Labute approximate surface area is 160 Å². The number of ether oxygens (including phenoxy) is 2. The van der Waals surface area contributed by atoms with Crippen LogP contribution in [-0.4, -0.2) is 30.5 Å². The van der Waals surface area contributed by atoms with Crippen LogP contribution in [-0.2, 0) is 19.6 Å². The van der Waals surface area contributed by atoms with Gasteiger partial charge in [-0.1, -0.05) is 6.07 Å². The first kappa shape index (κ1) is 17.3. The van der Waals surface area contributed by atoms with Gasteiger partial charge in [0, 0.05) is 12.0 Å². The van der Waals surface area contributed by atoms with Crippen molar-refractivity contribution in [3.63, 3.8) is 0 Å². The summed E-state index contributed by atoms with van der Waals surface area (Å²) in [5.74, 6) is 2.15. The van der Waals surface area contributed by atoms with Gasteiger partial charge in [0.15, 0.2) is 18.2 Å². The Morgan fingerprint density at radius 1 is 1.27 bits per heavy atom. The van der Waals surface area contributed by atoms with E-state index >= 15 is 0 Å². The van der Waals surface area contributed by atoms with E-state index in [4.69, 9.17) is 26.1 Å². The van der Waals surface area contributed by atoms with E-state index in [1.165, 1.54) is 16.0 Å². The minimum absolute atomic E-state index is 0.416. The SMILES string of the molecule is COc1cc2c(cc1OC)C[NH+](Cn1nc(-c3cccs3)oc1=S)CC2. The van der Waals surface area contributed by atoms with Gasteiger partial charge in [0.05, 0.1) is 25.6 Å². The van der Waals surface area contributed by atoms with E-state index in [0.29, 0.717) is 17.4 Å². The molecule has 1 unspecified atom stereocenters. The van der Waals surface area contributed by atoms with Crippen LogP contribution < -0.4 is 14.4 Å². The zero-order valence-electron chi connectivity index (χ0n) is 14.7. The third kappa shape index (κ3) is 3.27. The lowest BCUT2D eigenvalue weighted by molar-refractivity contribution is -0.939. The molecule has 2 aromatic heterocycles. The summed E-state index contributed by atoms with van der Waals surface area (Å²) >= 11 is 6.95. The van der Waals surface area contributed by atoms with Crippen molar-refractivity contribution in [1.29, 1.82) is 0 Å².